The zero-order valence-corrected chi connectivity index (χ0v) is 11.6. The molecule has 5 heteroatoms. The van der Waals surface area contributed by atoms with Gasteiger partial charge >= 0.3 is 0 Å². The first-order chi connectivity index (χ1) is 8.50. The van der Waals surface area contributed by atoms with Gasteiger partial charge in [0, 0.05) is 19.6 Å². The zero-order valence-electron chi connectivity index (χ0n) is 11.6. The van der Waals surface area contributed by atoms with E-state index in [9.17, 15) is 0 Å². The molecule has 1 atom stereocenters. The third-order valence-electron chi connectivity index (χ3n) is 2.94. The molecule has 1 aliphatic rings. The highest BCUT2D eigenvalue weighted by Gasteiger charge is 2.31. The molecule has 2 heterocycles. The predicted molar refractivity (Wildman–Crippen MR) is 71.6 cm³/mol. The van der Waals surface area contributed by atoms with Crippen molar-refractivity contribution in [2.24, 2.45) is 0 Å². The highest BCUT2D eigenvalue weighted by atomic mass is 16.5. The number of ether oxygens (including phenoxy) is 1. The summed E-state index contributed by atoms with van der Waals surface area (Å²) in [6.45, 7) is 8.77. The van der Waals surface area contributed by atoms with E-state index in [0.717, 1.165) is 31.1 Å². The van der Waals surface area contributed by atoms with Crippen LogP contribution in [0.5, 0.6) is 0 Å². The number of rotatable bonds is 3. The molecule has 0 amide bonds. The lowest BCUT2D eigenvalue weighted by molar-refractivity contribution is -0.0751. The summed E-state index contributed by atoms with van der Waals surface area (Å²) in [7, 11) is 1.90. The van der Waals surface area contributed by atoms with Gasteiger partial charge in [-0.15, -0.1) is 0 Å². The normalized spacial score (nSPS) is 23.1. The predicted octanol–water partition coefficient (Wildman–Crippen LogP) is 1.20. The van der Waals surface area contributed by atoms with Gasteiger partial charge in [-0.1, -0.05) is 0 Å². The fourth-order valence-corrected chi connectivity index (χ4v) is 2.41. The van der Waals surface area contributed by atoms with Crippen LogP contribution in [-0.2, 0) is 11.3 Å². The SMILES string of the molecule is CNCc1cnc(N2CC(C)OC(C)(C)C2)cn1. The Kier molecular flexibility index (Phi) is 3.82. The highest BCUT2D eigenvalue weighted by Crippen LogP contribution is 2.24. The molecule has 0 aromatic carbocycles. The second-order valence-corrected chi connectivity index (χ2v) is 5.46. The first-order valence-corrected chi connectivity index (χ1v) is 6.38. The summed E-state index contributed by atoms with van der Waals surface area (Å²) in [4.78, 5) is 11.1. The lowest BCUT2D eigenvalue weighted by Gasteiger charge is -2.42. The Morgan fingerprint density at radius 1 is 1.44 bits per heavy atom. The van der Waals surface area contributed by atoms with Gasteiger partial charge in [-0.05, 0) is 27.8 Å². The van der Waals surface area contributed by atoms with Gasteiger partial charge in [0.15, 0.2) is 0 Å². The highest BCUT2D eigenvalue weighted by molar-refractivity contribution is 5.37. The van der Waals surface area contributed by atoms with Crippen LogP contribution in [0.25, 0.3) is 0 Å². The van der Waals surface area contributed by atoms with Gasteiger partial charge < -0.3 is 15.0 Å². The molecule has 1 aromatic rings. The molecule has 0 radical (unpaired) electrons. The minimum atomic E-state index is -0.136. The maximum Gasteiger partial charge on any atom is 0.147 e. The van der Waals surface area contributed by atoms with Crippen molar-refractivity contribution in [2.75, 3.05) is 25.0 Å². The molecule has 18 heavy (non-hydrogen) atoms. The first-order valence-electron chi connectivity index (χ1n) is 6.38. The van der Waals surface area contributed by atoms with Crippen molar-refractivity contribution in [3.8, 4) is 0 Å². The standard InChI is InChI=1S/C13H22N4O/c1-10-8-17(9-13(2,3)18-10)12-7-15-11(5-14-4)6-16-12/h6-7,10,14H,5,8-9H2,1-4H3. The van der Waals surface area contributed by atoms with Crippen LogP contribution < -0.4 is 10.2 Å². The summed E-state index contributed by atoms with van der Waals surface area (Å²) >= 11 is 0. The maximum atomic E-state index is 5.89. The van der Waals surface area contributed by atoms with Crippen LogP contribution in [0.15, 0.2) is 12.4 Å². The molecule has 1 fully saturated rings. The molecule has 1 aromatic heterocycles. The van der Waals surface area contributed by atoms with E-state index in [1.54, 1.807) is 0 Å². The molecular formula is C13H22N4O. The Morgan fingerprint density at radius 2 is 2.22 bits per heavy atom. The number of nitrogens with one attached hydrogen (secondary N) is 1. The van der Waals surface area contributed by atoms with Crippen molar-refractivity contribution in [3.05, 3.63) is 18.1 Å². The van der Waals surface area contributed by atoms with Crippen molar-refractivity contribution >= 4 is 5.82 Å². The molecule has 1 N–H and O–H groups in total. The Hall–Kier alpha value is -1.20. The number of hydrogen-bond donors (Lipinski definition) is 1. The van der Waals surface area contributed by atoms with Crippen molar-refractivity contribution < 1.29 is 4.74 Å². The number of morpholine rings is 1. The van der Waals surface area contributed by atoms with Gasteiger partial charge in [-0.25, -0.2) is 4.98 Å². The van der Waals surface area contributed by atoms with Crippen molar-refractivity contribution in [1.82, 2.24) is 15.3 Å². The molecule has 1 unspecified atom stereocenters. The number of aromatic nitrogens is 2. The number of hydrogen-bond acceptors (Lipinski definition) is 5. The molecular weight excluding hydrogens is 228 g/mol. The summed E-state index contributed by atoms with van der Waals surface area (Å²) in [6.07, 6.45) is 3.90. The van der Waals surface area contributed by atoms with Gasteiger partial charge in [0.25, 0.3) is 0 Å². The fourth-order valence-electron chi connectivity index (χ4n) is 2.41. The van der Waals surface area contributed by atoms with Gasteiger partial charge in [0.05, 0.1) is 29.8 Å². The Morgan fingerprint density at radius 3 is 2.78 bits per heavy atom. The lowest BCUT2D eigenvalue weighted by atomic mass is 10.1. The van der Waals surface area contributed by atoms with E-state index in [0.29, 0.717) is 0 Å². The molecule has 5 nitrogen and oxygen atoms in total. The Bertz CT molecular complexity index is 390. The third-order valence-corrected chi connectivity index (χ3v) is 2.94. The Labute approximate surface area is 109 Å². The van der Waals surface area contributed by atoms with Crippen molar-refractivity contribution in [1.29, 1.82) is 0 Å². The van der Waals surface area contributed by atoms with Crippen LogP contribution >= 0.6 is 0 Å². The maximum absolute atomic E-state index is 5.89. The van der Waals surface area contributed by atoms with Crippen LogP contribution in [0.4, 0.5) is 5.82 Å². The third kappa shape index (κ3) is 3.17. The molecule has 100 valence electrons. The fraction of sp³-hybridized carbons (Fsp3) is 0.692. The number of nitrogens with zero attached hydrogens (tertiary/aromatic N) is 3. The summed E-state index contributed by atoms with van der Waals surface area (Å²) in [5.74, 6) is 0.929. The van der Waals surface area contributed by atoms with Crippen molar-refractivity contribution in [2.45, 2.75) is 39.0 Å². The lowest BCUT2D eigenvalue weighted by Crippen LogP contribution is -2.52. The molecule has 1 saturated heterocycles. The van der Waals surface area contributed by atoms with Gasteiger partial charge in [-0.3, -0.25) is 4.98 Å². The topological polar surface area (TPSA) is 50.3 Å². The average molecular weight is 250 g/mol. The Balaban J connectivity index is 2.10. The van der Waals surface area contributed by atoms with E-state index in [1.807, 2.05) is 19.4 Å². The van der Waals surface area contributed by atoms with Gasteiger partial charge in [0.1, 0.15) is 5.82 Å². The van der Waals surface area contributed by atoms with Crippen LogP contribution in [0.3, 0.4) is 0 Å². The minimum absolute atomic E-state index is 0.136. The average Bonchev–Trinajstić information content (AvgIpc) is 2.27. The van der Waals surface area contributed by atoms with Crippen LogP contribution in [0, 0.1) is 0 Å². The second kappa shape index (κ2) is 5.20. The summed E-state index contributed by atoms with van der Waals surface area (Å²) in [5, 5.41) is 3.07. The van der Waals surface area contributed by atoms with E-state index in [-0.39, 0.29) is 11.7 Å². The largest absolute Gasteiger partial charge is 0.369 e. The molecule has 0 saturated carbocycles. The molecule has 0 spiro atoms. The summed E-state index contributed by atoms with van der Waals surface area (Å²) < 4.78 is 5.89. The monoisotopic (exact) mass is 250 g/mol. The van der Waals surface area contributed by atoms with E-state index < -0.39 is 0 Å². The van der Waals surface area contributed by atoms with Gasteiger partial charge in [-0.2, -0.15) is 0 Å². The van der Waals surface area contributed by atoms with Crippen LogP contribution in [-0.4, -0.2) is 41.8 Å². The summed E-state index contributed by atoms with van der Waals surface area (Å²) in [5.41, 5.74) is 0.824. The molecule has 1 aliphatic heterocycles. The van der Waals surface area contributed by atoms with Crippen LogP contribution in [0.1, 0.15) is 26.5 Å². The molecule has 0 bridgehead atoms. The van der Waals surface area contributed by atoms with E-state index in [1.165, 1.54) is 0 Å². The molecule has 2 rings (SSSR count). The molecule has 0 aliphatic carbocycles. The number of anilines is 1. The summed E-state index contributed by atoms with van der Waals surface area (Å²) in [6, 6.07) is 0. The van der Waals surface area contributed by atoms with Crippen molar-refractivity contribution in [3.63, 3.8) is 0 Å². The smallest absolute Gasteiger partial charge is 0.147 e. The zero-order chi connectivity index (χ0) is 13.2. The quantitative estimate of drug-likeness (QED) is 0.873. The van der Waals surface area contributed by atoms with E-state index >= 15 is 0 Å². The second-order valence-electron chi connectivity index (χ2n) is 5.46. The van der Waals surface area contributed by atoms with Crippen LogP contribution in [0.2, 0.25) is 0 Å². The van der Waals surface area contributed by atoms with E-state index in [4.69, 9.17) is 4.74 Å². The minimum Gasteiger partial charge on any atom is -0.369 e. The first kappa shape index (κ1) is 13.2. The van der Waals surface area contributed by atoms with E-state index in [2.05, 4.69) is 41.0 Å². The van der Waals surface area contributed by atoms with Gasteiger partial charge in [0.2, 0.25) is 0 Å².